The molecule has 0 fully saturated rings. The highest BCUT2D eigenvalue weighted by molar-refractivity contribution is 5.78. The van der Waals surface area contributed by atoms with Crippen LogP contribution in [0.3, 0.4) is 0 Å². The second-order valence-electron chi connectivity index (χ2n) is 12.4. The number of esters is 1. The minimum absolute atomic E-state index is 0.00660. The van der Waals surface area contributed by atoms with Crippen LogP contribution in [0.25, 0.3) is 0 Å². The number of rotatable bonds is 33. The number of aliphatic carboxylic acids is 1. The van der Waals surface area contributed by atoms with E-state index in [0.717, 1.165) is 19.3 Å². The van der Waals surface area contributed by atoms with E-state index in [-0.39, 0.29) is 12.4 Å². The summed E-state index contributed by atoms with van der Waals surface area (Å²) < 4.78 is 5.03. The minimum atomic E-state index is -0.874. The van der Waals surface area contributed by atoms with Crippen LogP contribution in [-0.4, -0.2) is 23.7 Å². The standard InChI is InChI=1S/C37H70O4/c1-3-5-6-7-8-9-10-11-12-13-14-15-16-17-18-19-20-21-22-23-24-25-26-27-28-29-30-31-32-35(37(39)40)34-36(38)41-33-4-2/h13-14,35H,3-12,15-34H2,1-2H3,(H,39,40)/b14-13+. The largest absolute Gasteiger partial charge is 0.481 e. The summed E-state index contributed by atoms with van der Waals surface area (Å²) in [4.78, 5) is 23.1. The average Bonchev–Trinajstić information content (AvgIpc) is 2.96. The summed E-state index contributed by atoms with van der Waals surface area (Å²) in [6, 6.07) is 0. The van der Waals surface area contributed by atoms with Crippen LogP contribution < -0.4 is 0 Å². The smallest absolute Gasteiger partial charge is 0.307 e. The quantitative estimate of drug-likeness (QED) is 0.0478. The summed E-state index contributed by atoms with van der Waals surface area (Å²) in [5, 5.41) is 9.34. The molecule has 0 aliphatic rings. The number of hydrogen-bond donors (Lipinski definition) is 1. The second kappa shape index (κ2) is 33.2. The van der Waals surface area contributed by atoms with E-state index in [1.54, 1.807) is 0 Å². The van der Waals surface area contributed by atoms with Crippen LogP contribution in [0.5, 0.6) is 0 Å². The molecule has 4 heteroatoms. The molecule has 0 aliphatic carbocycles. The van der Waals surface area contributed by atoms with Gasteiger partial charge in [0.05, 0.1) is 18.9 Å². The Labute approximate surface area is 255 Å². The summed E-state index contributed by atoms with van der Waals surface area (Å²) in [5.74, 6) is -1.85. The van der Waals surface area contributed by atoms with Gasteiger partial charge in [-0.25, -0.2) is 0 Å². The van der Waals surface area contributed by atoms with E-state index in [1.807, 2.05) is 6.92 Å². The van der Waals surface area contributed by atoms with Gasteiger partial charge in [-0.1, -0.05) is 167 Å². The van der Waals surface area contributed by atoms with Crippen LogP contribution in [0.2, 0.25) is 0 Å². The Morgan fingerprint density at radius 2 is 0.902 bits per heavy atom. The Kier molecular flexibility index (Phi) is 32.1. The average molecular weight is 579 g/mol. The van der Waals surface area contributed by atoms with Crippen molar-refractivity contribution < 1.29 is 19.4 Å². The van der Waals surface area contributed by atoms with Gasteiger partial charge in [-0.05, 0) is 38.5 Å². The summed E-state index contributed by atoms with van der Waals surface area (Å²) in [6.07, 6.45) is 41.0. The van der Waals surface area contributed by atoms with E-state index in [9.17, 15) is 14.7 Å². The number of allylic oxidation sites excluding steroid dienone is 2. The molecular weight excluding hydrogens is 508 g/mol. The van der Waals surface area contributed by atoms with E-state index in [2.05, 4.69) is 19.1 Å². The summed E-state index contributed by atoms with van der Waals surface area (Å²) in [7, 11) is 0. The lowest BCUT2D eigenvalue weighted by Crippen LogP contribution is -2.19. The fourth-order valence-electron chi connectivity index (χ4n) is 5.55. The molecule has 0 heterocycles. The minimum Gasteiger partial charge on any atom is -0.481 e. The Morgan fingerprint density at radius 1 is 0.537 bits per heavy atom. The number of unbranched alkanes of at least 4 members (excludes halogenated alkanes) is 24. The molecule has 41 heavy (non-hydrogen) atoms. The summed E-state index contributed by atoms with van der Waals surface area (Å²) in [5.41, 5.74) is 0. The van der Waals surface area contributed by atoms with Gasteiger partial charge in [-0.15, -0.1) is 0 Å². The predicted octanol–water partition coefficient (Wildman–Crippen LogP) is 12.1. The molecule has 0 aromatic heterocycles. The first kappa shape index (κ1) is 39.7. The fraction of sp³-hybridized carbons (Fsp3) is 0.892. The van der Waals surface area contributed by atoms with Crippen LogP contribution in [0, 0.1) is 5.92 Å². The Balaban J connectivity index is 3.30. The number of ether oxygens (including phenoxy) is 1. The van der Waals surface area contributed by atoms with Crippen molar-refractivity contribution in [1.29, 1.82) is 0 Å². The van der Waals surface area contributed by atoms with E-state index in [1.165, 1.54) is 154 Å². The zero-order chi connectivity index (χ0) is 30.1. The van der Waals surface area contributed by atoms with Gasteiger partial charge in [-0.3, -0.25) is 9.59 Å². The first-order chi connectivity index (χ1) is 20.1. The molecule has 0 spiro atoms. The van der Waals surface area contributed by atoms with E-state index in [4.69, 9.17) is 4.74 Å². The summed E-state index contributed by atoms with van der Waals surface area (Å²) >= 11 is 0. The lowest BCUT2D eigenvalue weighted by molar-refractivity contribution is -0.151. The maximum Gasteiger partial charge on any atom is 0.307 e. The molecule has 0 aliphatic heterocycles. The Bertz CT molecular complexity index is 585. The lowest BCUT2D eigenvalue weighted by Gasteiger charge is -2.11. The molecular formula is C37H70O4. The van der Waals surface area contributed by atoms with Crippen LogP contribution >= 0.6 is 0 Å². The first-order valence-electron chi connectivity index (χ1n) is 18.1. The van der Waals surface area contributed by atoms with Crippen molar-refractivity contribution in [2.24, 2.45) is 5.92 Å². The van der Waals surface area contributed by atoms with Gasteiger partial charge >= 0.3 is 11.9 Å². The van der Waals surface area contributed by atoms with Gasteiger partial charge < -0.3 is 9.84 Å². The molecule has 242 valence electrons. The third-order valence-electron chi connectivity index (χ3n) is 8.29. The van der Waals surface area contributed by atoms with Crippen molar-refractivity contribution in [2.75, 3.05) is 6.61 Å². The molecule has 0 saturated carbocycles. The topological polar surface area (TPSA) is 63.6 Å². The van der Waals surface area contributed by atoms with Gasteiger partial charge in [0.1, 0.15) is 0 Å². The van der Waals surface area contributed by atoms with Crippen molar-refractivity contribution >= 4 is 11.9 Å². The van der Waals surface area contributed by atoms with Crippen molar-refractivity contribution in [1.82, 2.24) is 0 Å². The monoisotopic (exact) mass is 579 g/mol. The van der Waals surface area contributed by atoms with Crippen molar-refractivity contribution in [2.45, 2.75) is 200 Å². The maximum absolute atomic E-state index is 11.7. The molecule has 4 nitrogen and oxygen atoms in total. The third-order valence-corrected chi connectivity index (χ3v) is 8.29. The SMILES string of the molecule is CCCCCCCCCC/C=C/CCCCCCCCCCCCCCCCCCC(CC(=O)OCCC)C(=O)O. The number of hydrogen-bond acceptors (Lipinski definition) is 3. The van der Waals surface area contributed by atoms with Gasteiger partial charge in [0.2, 0.25) is 0 Å². The Morgan fingerprint density at radius 3 is 1.27 bits per heavy atom. The highest BCUT2D eigenvalue weighted by Gasteiger charge is 2.21. The normalized spacial score (nSPS) is 12.2. The van der Waals surface area contributed by atoms with Gasteiger partial charge in [0.15, 0.2) is 0 Å². The fourth-order valence-corrected chi connectivity index (χ4v) is 5.55. The van der Waals surface area contributed by atoms with Gasteiger partial charge in [-0.2, -0.15) is 0 Å². The van der Waals surface area contributed by atoms with Gasteiger partial charge in [0.25, 0.3) is 0 Å². The van der Waals surface area contributed by atoms with Crippen LogP contribution in [0.4, 0.5) is 0 Å². The molecule has 1 atom stereocenters. The molecule has 0 radical (unpaired) electrons. The number of carboxylic acid groups (broad SMARTS) is 1. The highest BCUT2D eigenvalue weighted by atomic mass is 16.5. The molecule has 1 unspecified atom stereocenters. The Hall–Kier alpha value is -1.32. The zero-order valence-corrected chi connectivity index (χ0v) is 27.6. The first-order valence-corrected chi connectivity index (χ1v) is 18.1. The second-order valence-corrected chi connectivity index (χ2v) is 12.4. The van der Waals surface area contributed by atoms with Crippen LogP contribution in [0.1, 0.15) is 200 Å². The van der Waals surface area contributed by atoms with Crippen molar-refractivity contribution in [3.63, 3.8) is 0 Å². The molecule has 1 N–H and O–H groups in total. The summed E-state index contributed by atoms with van der Waals surface area (Å²) in [6.45, 7) is 4.60. The molecule has 0 bridgehead atoms. The van der Waals surface area contributed by atoms with Crippen LogP contribution in [-0.2, 0) is 14.3 Å². The number of carboxylic acids is 1. The van der Waals surface area contributed by atoms with E-state index >= 15 is 0 Å². The maximum atomic E-state index is 11.7. The lowest BCUT2D eigenvalue weighted by atomic mass is 9.97. The highest BCUT2D eigenvalue weighted by Crippen LogP contribution is 2.18. The molecule has 0 amide bonds. The third kappa shape index (κ3) is 31.4. The number of carbonyl (C=O) groups is 2. The van der Waals surface area contributed by atoms with Crippen LogP contribution in [0.15, 0.2) is 12.2 Å². The van der Waals surface area contributed by atoms with Gasteiger partial charge in [0, 0.05) is 0 Å². The molecule has 0 rings (SSSR count). The molecule has 0 aromatic rings. The number of carbonyl (C=O) groups excluding carboxylic acids is 1. The predicted molar refractivity (Wildman–Crippen MR) is 176 cm³/mol. The van der Waals surface area contributed by atoms with Crippen molar-refractivity contribution in [3.05, 3.63) is 12.2 Å². The van der Waals surface area contributed by atoms with E-state index in [0.29, 0.717) is 13.0 Å². The molecule has 0 aromatic carbocycles. The molecule has 0 saturated heterocycles. The van der Waals surface area contributed by atoms with Crippen molar-refractivity contribution in [3.8, 4) is 0 Å². The van der Waals surface area contributed by atoms with E-state index < -0.39 is 11.9 Å². The zero-order valence-electron chi connectivity index (χ0n) is 27.6.